The number of benzene rings is 1. The molecule has 1 aromatic carbocycles. The zero-order valence-electron chi connectivity index (χ0n) is 13.6. The summed E-state index contributed by atoms with van der Waals surface area (Å²) < 4.78 is 5.39. The summed E-state index contributed by atoms with van der Waals surface area (Å²) in [6, 6.07) is 8.48. The third kappa shape index (κ3) is 3.41. The van der Waals surface area contributed by atoms with Gasteiger partial charge in [0.05, 0.1) is 12.3 Å². The van der Waals surface area contributed by atoms with Gasteiger partial charge < -0.3 is 15.2 Å². The number of nitrogens with zero attached hydrogens (tertiary/aromatic N) is 2. The number of aliphatic carboxylic acids is 1. The number of ether oxygens (including phenoxy) is 1. The molecule has 7 nitrogen and oxygen atoms in total. The van der Waals surface area contributed by atoms with Crippen molar-refractivity contribution in [3.05, 3.63) is 30.3 Å². The molecule has 1 aromatic rings. The van der Waals surface area contributed by atoms with Crippen molar-refractivity contribution in [2.75, 3.05) is 24.8 Å². The molecule has 0 unspecified atom stereocenters. The van der Waals surface area contributed by atoms with Crippen molar-refractivity contribution < 1.29 is 19.4 Å². The number of carboxylic acids is 1. The van der Waals surface area contributed by atoms with Crippen LogP contribution in [0.2, 0.25) is 0 Å². The second-order valence-electron chi connectivity index (χ2n) is 6.58. The first-order chi connectivity index (χ1) is 11.5. The minimum atomic E-state index is -1.10. The number of carbonyl (C=O) groups is 2. The molecule has 0 bridgehead atoms. The first kappa shape index (κ1) is 16.4. The summed E-state index contributed by atoms with van der Waals surface area (Å²) in [5.41, 5.74) is 0.626. The Kier molecular flexibility index (Phi) is 4.53. The van der Waals surface area contributed by atoms with Gasteiger partial charge >= 0.3 is 5.97 Å². The van der Waals surface area contributed by atoms with Crippen LogP contribution in [0.3, 0.4) is 0 Å². The Hall–Kier alpha value is -2.41. The van der Waals surface area contributed by atoms with Gasteiger partial charge in [-0.25, -0.2) is 4.79 Å². The first-order valence-corrected chi connectivity index (χ1v) is 7.99. The Balaban J connectivity index is 1.73. The van der Waals surface area contributed by atoms with Crippen molar-refractivity contribution in [3.8, 4) is 0 Å². The maximum absolute atomic E-state index is 12.6. The van der Waals surface area contributed by atoms with Gasteiger partial charge in [-0.15, -0.1) is 0 Å². The lowest BCUT2D eigenvalue weighted by molar-refractivity contribution is -0.129. The molecule has 1 amide bonds. The number of carboxylic acid groups (broad SMARTS) is 1. The van der Waals surface area contributed by atoms with E-state index in [9.17, 15) is 14.7 Å². The lowest BCUT2D eigenvalue weighted by Gasteiger charge is -2.26. The number of hydrogen-bond donors (Lipinski definition) is 2. The summed E-state index contributed by atoms with van der Waals surface area (Å²) in [6.45, 7) is 3.91. The van der Waals surface area contributed by atoms with Crippen LogP contribution in [0.1, 0.15) is 19.8 Å². The summed E-state index contributed by atoms with van der Waals surface area (Å²) in [5.74, 6) is -1.31. The number of anilines is 1. The van der Waals surface area contributed by atoms with Gasteiger partial charge in [0, 0.05) is 25.0 Å². The lowest BCUT2D eigenvalue weighted by Crippen LogP contribution is -2.46. The fourth-order valence-electron chi connectivity index (χ4n) is 2.93. The second-order valence-corrected chi connectivity index (χ2v) is 6.58. The van der Waals surface area contributed by atoms with Gasteiger partial charge in [0.1, 0.15) is 11.8 Å². The van der Waals surface area contributed by atoms with E-state index < -0.39 is 12.0 Å². The number of hydrogen-bond acceptors (Lipinski definition) is 5. The largest absolute Gasteiger partial charge is 0.477 e. The average Bonchev–Trinajstić information content (AvgIpc) is 3.21. The molecule has 1 fully saturated rings. The molecule has 0 aliphatic carbocycles. The van der Waals surface area contributed by atoms with Gasteiger partial charge in [-0.2, -0.15) is 5.10 Å². The van der Waals surface area contributed by atoms with Crippen molar-refractivity contribution >= 4 is 23.3 Å². The van der Waals surface area contributed by atoms with Crippen LogP contribution in [0.15, 0.2) is 35.4 Å². The molecule has 0 aromatic heterocycles. The summed E-state index contributed by atoms with van der Waals surface area (Å²) in [4.78, 5) is 23.9. The molecule has 128 valence electrons. The van der Waals surface area contributed by atoms with E-state index >= 15 is 0 Å². The van der Waals surface area contributed by atoms with Gasteiger partial charge in [-0.05, 0) is 18.6 Å². The van der Waals surface area contributed by atoms with E-state index in [2.05, 4.69) is 17.3 Å². The zero-order chi connectivity index (χ0) is 17.2. The maximum Gasteiger partial charge on any atom is 0.352 e. The summed E-state index contributed by atoms with van der Waals surface area (Å²) >= 11 is 0. The number of para-hydroxylation sites is 1. The second kappa shape index (κ2) is 6.60. The van der Waals surface area contributed by atoms with Crippen molar-refractivity contribution in [1.29, 1.82) is 0 Å². The lowest BCUT2D eigenvalue weighted by atomic mass is 9.90. The minimum absolute atomic E-state index is 0.00517. The number of rotatable bonds is 5. The van der Waals surface area contributed by atoms with Crippen LogP contribution in [-0.4, -0.2) is 48.5 Å². The summed E-state index contributed by atoms with van der Waals surface area (Å²) in [6.07, 6.45) is 0.987. The van der Waals surface area contributed by atoms with Crippen LogP contribution in [0.25, 0.3) is 0 Å². The molecule has 0 radical (unpaired) electrons. The van der Waals surface area contributed by atoms with Gasteiger partial charge in [-0.1, -0.05) is 25.1 Å². The van der Waals surface area contributed by atoms with E-state index in [1.807, 2.05) is 18.2 Å². The van der Waals surface area contributed by atoms with Gasteiger partial charge in [-0.3, -0.25) is 9.80 Å². The summed E-state index contributed by atoms with van der Waals surface area (Å²) in [5, 5.41) is 17.8. The van der Waals surface area contributed by atoms with Gasteiger partial charge in [0.2, 0.25) is 5.91 Å². The molecule has 2 aliphatic rings. The van der Waals surface area contributed by atoms with Crippen molar-refractivity contribution in [2.45, 2.75) is 25.8 Å². The number of carbonyl (C=O) groups excluding carboxylic acids is 1. The molecule has 0 spiro atoms. The SMILES string of the molecule is C[C@@]1(CNC(=O)[C@H]2CC(C(=O)O)=NN2c2ccccc2)CCOC1. The van der Waals surface area contributed by atoms with Crippen molar-refractivity contribution in [2.24, 2.45) is 10.5 Å². The molecular weight excluding hydrogens is 310 g/mol. The normalized spacial score (nSPS) is 26.3. The number of amides is 1. The highest BCUT2D eigenvalue weighted by atomic mass is 16.5. The predicted octanol–water partition coefficient (Wildman–Crippen LogP) is 1.25. The smallest absolute Gasteiger partial charge is 0.352 e. The van der Waals surface area contributed by atoms with Crippen LogP contribution in [0, 0.1) is 5.41 Å². The fraction of sp³-hybridized carbons (Fsp3) is 0.471. The topological polar surface area (TPSA) is 91.2 Å². The molecule has 2 N–H and O–H groups in total. The fourth-order valence-corrected chi connectivity index (χ4v) is 2.93. The highest BCUT2D eigenvalue weighted by Crippen LogP contribution is 2.28. The Morgan fingerprint density at radius 1 is 1.42 bits per heavy atom. The van der Waals surface area contributed by atoms with Crippen molar-refractivity contribution in [1.82, 2.24) is 5.32 Å². The minimum Gasteiger partial charge on any atom is -0.477 e. The average molecular weight is 331 g/mol. The molecule has 3 rings (SSSR count). The van der Waals surface area contributed by atoms with E-state index in [4.69, 9.17) is 4.74 Å². The molecule has 2 heterocycles. The van der Waals surface area contributed by atoms with Crippen LogP contribution in [0.5, 0.6) is 0 Å². The summed E-state index contributed by atoms with van der Waals surface area (Å²) in [7, 11) is 0. The number of hydrazone groups is 1. The third-order valence-electron chi connectivity index (χ3n) is 4.47. The highest BCUT2D eigenvalue weighted by molar-refractivity contribution is 6.37. The zero-order valence-corrected chi connectivity index (χ0v) is 13.6. The highest BCUT2D eigenvalue weighted by Gasteiger charge is 2.37. The Labute approximate surface area is 140 Å². The molecule has 24 heavy (non-hydrogen) atoms. The standard InChI is InChI=1S/C17H21N3O4/c1-17(7-8-24-11-17)10-18-15(21)14-9-13(16(22)23)19-20(14)12-5-3-2-4-6-12/h2-6,14H,7-11H2,1H3,(H,18,21)(H,22,23)/t14-,17+/m1/s1. The quantitative estimate of drug-likeness (QED) is 0.847. The number of nitrogens with one attached hydrogen (secondary N) is 1. The van der Waals surface area contributed by atoms with Crippen molar-refractivity contribution in [3.63, 3.8) is 0 Å². The molecule has 1 saturated heterocycles. The van der Waals surface area contributed by atoms with Gasteiger partial charge in [0.15, 0.2) is 0 Å². The van der Waals surface area contributed by atoms with Crippen LogP contribution < -0.4 is 10.3 Å². The van der Waals surface area contributed by atoms with Crippen LogP contribution >= 0.6 is 0 Å². The van der Waals surface area contributed by atoms with E-state index in [0.29, 0.717) is 25.4 Å². The van der Waals surface area contributed by atoms with E-state index in [1.54, 1.807) is 12.1 Å². The van der Waals surface area contributed by atoms with E-state index in [-0.39, 0.29) is 23.5 Å². The predicted molar refractivity (Wildman–Crippen MR) is 88.9 cm³/mol. The Morgan fingerprint density at radius 3 is 2.79 bits per heavy atom. The molecular formula is C17H21N3O4. The van der Waals surface area contributed by atoms with E-state index in [1.165, 1.54) is 5.01 Å². The molecule has 2 atom stereocenters. The monoisotopic (exact) mass is 331 g/mol. The van der Waals surface area contributed by atoms with Crippen LogP contribution in [0.4, 0.5) is 5.69 Å². The molecule has 7 heteroatoms. The third-order valence-corrected chi connectivity index (χ3v) is 4.47. The maximum atomic E-state index is 12.6. The first-order valence-electron chi connectivity index (χ1n) is 7.99. The Morgan fingerprint density at radius 2 is 2.17 bits per heavy atom. The molecule has 0 saturated carbocycles. The Bertz CT molecular complexity index is 653. The van der Waals surface area contributed by atoms with Gasteiger partial charge in [0.25, 0.3) is 0 Å². The van der Waals surface area contributed by atoms with E-state index in [0.717, 1.165) is 6.42 Å². The van der Waals surface area contributed by atoms with Crippen LogP contribution in [-0.2, 0) is 14.3 Å². The molecule has 2 aliphatic heterocycles.